The van der Waals surface area contributed by atoms with Gasteiger partial charge in [0.05, 0.1) is 12.6 Å². The van der Waals surface area contributed by atoms with E-state index < -0.39 is 5.54 Å². The number of rotatable bonds is 4. The third-order valence-corrected chi connectivity index (χ3v) is 6.00. The molecule has 2 aromatic rings. The fourth-order valence-electron chi connectivity index (χ4n) is 4.50. The van der Waals surface area contributed by atoms with Crippen LogP contribution in [-0.4, -0.2) is 36.0 Å². The minimum absolute atomic E-state index is 0.112. The Morgan fingerprint density at radius 1 is 1.21 bits per heavy atom. The van der Waals surface area contributed by atoms with Crippen LogP contribution in [0.1, 0.15) is 25.3 Å². The molecule has 0 unspecified atom stereocenters. The number of nitrogens with zero attached hydrogens (tertiary/aromatic N) is 2. The predicted molar refractivity (Wildman–Crippen MR) is 108 cm³/mol. The Bertz CT molecular complexity index is 962. The second-order valence-corrected chi connectivity index (χ2v) is 7.82. The Morgan fingerprint density at radius 3 is 2.76 bits per heavy atom. The van der Waals surface area contributed by atoms with E-state index in [0.29, 0.717) is 42.9 Å². The van der Waals surface area contributed by atoms with E-state index in [1.165, 1.54) is 18.2 Å². The highest BCUT2D eigenvalue weighted by Gasteiger charge is 2.46. The number of hydrogen-bond donors (Lipinski definition) is 0. The monoisotopic (exact) mass is 398 g/mol. The lowest BCUT2D eigenvalue weighted by Crippen LogP contribution is -2.56. The topological polar surface area (TPSA) is 32.8 Å². The minimum atomic E-state index is -0.478. The largest absolute Gasteiger partial charge is 0.497 e. The van der Waals surface area contributed by atoms with E-state index in [0.717, 1.165) is 0 Å². The van der Waals surface area contributed by atoms with Crippen molar-refractivity contribution in [3.05, 3.63) is 71.8 Å². The van der Waals surface area contributed by atoms with E-state index in [1.807, 2.05) is 6.08 Å². The fraction of sp³-hybridized carbons (Fsp3) is 0.348. The molecule has 1 amide bonds. The summed E-state index contributed by atoms with van der Waals surface area (Å²) in [6, 6.07) is 11.0. The summed E-state index contributed by atoms with van der Waals surface area (Å²) in [6.07, 6.45) is 4.91. The summed E-state index contributed by atoms with van der Waals surface area (Å²) < 4.78 is 33.3. The Balaban J connectivity index is 1.55. The van der Waals surface area contributed by atoms with Crippen LogP contribution in [0.2, 0.25) is 0 Å². The Morgan fingerprint density at radius 2 is 2.03 bits per heavy atom. The lowest BCUT2D eigenvalue weighted by atomic mass is 9.82. The van der Waals surface area contributed by atoms with Gasteiger partial charge in [0.15, 0.2) is 0 Å². The number of halogens is 2. The lowest BCUT2D eigenvalue weighted by Gasteiger charge is -2.47. The van der Waals surface area contributed by atoms with Crippen molar-refractivity contribution in [3.63, 3.8) is 0 Å². The van der Waals surface area contributed by atoms with Gasteiger partial charge in [0.25, 0.3) is 5.91 Å². The first-order chi connectivity index (χ1) is 13.9. The molecule has 1 saturated heterocycles. The molecule has 152 valence electrons. The Labute approximate surface area is 169 Å². The molecule has 2 atom stereocenters. The fourth-order valence-corrected chi connectivity index (χ4v) is 4.50. The molecule has 0 radical (unpaired) electrons. The number of piperidine rings is 1. The molecular formula is C23H24F2N2O2. The number of carbonyl (C=O) groups excluding carboxylic acids is 1. The van der Waals surface area contributed by atoms with Crippen LogP contribution in [0.5, 0.6) is 5.75 Å². The van der Waals surface area contributed by atoms with Crippen molar-refractivity contribution in [1.82, 2.24) is 4.90 Å². The van der Waals surface area contributed by atoms with Crippen molar-refractivity contribution in [3.8, 4) is 5.75 Å². The molecule has 0 N–H and O–H groups in total. The zero-order chi connectivity index (χ0) is 20.6. The molecule has 2 aliphatic rings. The van der Waals surface area contributed by atoms with Gasteiger partial charge in [-0.1, -0.05) is 12.1 Å². The molecular weight excluding hydrogens is 374 g/mol. The molecule has 2 heterocycles. The minimum Gasteiger partial charge on any atom is -0.497 e. The van der Waals surface area contributed by atoms with E-state index in [1.54, 1.807) is 42.4 Å². The van der Waals surface area contributed by atoms with Crippen molar-refractivity contribution in [1.29, 1.82) is 0 Å². The maximum atomic E-state index is 14.3. The van der Waals surface area contributed by atoms with E-state index >= 15 is 0 Å². The average Bonchev–Trinajstić information content (AvgIpc) is 3.01. The number of anilines is 1. The first-order valence-electron chi connectivity index (χ1n) is 9.77. The highest BCUT2D eigenvalue weighted by Crippen LogP contribution is 2.41. The number of amides is 1. The summed E-state index contributed by atoms with van der Waals surface area (Å²) in [7, 11) is 1.56. The first-order valence-corrected chi connectivity index (χ1v) is 9.77. The van der Waals surface area contributed by atoms with Gasteiger partial charge in [0.2, 0.25) is 0 Å². The number of likely N-dealkylation sites (tertiary alicyclic amines) is 1. The van der Waals surface area contributed by atoms with E-state index in [2.05, 4.69) is 11.8 Å². The number of methoxy groups -OCH3 is 1. The van der Waals surface area contributed by atoms with Crippen molar-refractivity contribution >= 4 is 11.6 Å². The summed E-state index contributed by atoms with van der Waals surface area (Å²) in [5.41, 5.74) is 0.680. The molecule has 0 aromatic heterocycles. The predicted octanol–water partition coefficient (Wildman–Crippen LogP) is 4.30. The van der Waals surface area contributed by atoms with Gasteiger partial charge in [-0.25, -0.2) is 8.78 Å². The van der Waals surface area contributed by atoms with Gasteiger partial charge in [-0.3, -0.25) is 14.6 Å². The highest BCUT2D eigenvalue weighted by atomic mass is 19.1. The smallest absolute Gasteiger partial charge is 0.251 e. The van der Waals surface area contributed by atoms with Crippen LogP contribution in [-0.2, 0) is 11.3 Å². The molecule has 6 heteroatoms. The highest BCUT2D eigenvalue weighted by molar-refractivity contribution is 6.06. The van der Waals surface area contributed by atoms with Gasteiger partial charge in [0, 0.05) is 36.5 Å². The van der Waals surface area contributed by atoms with E-state index in [9.17, 15) is 13.6 Å². The molecule has 2 aromatic carbocycles. The number of benzene rings is 2. The van der Waals surface area contributed by atoms with Crippen LogP contribution in [0.3, 0.4) is 0 Å². The summed E-state index contributed by atoms with van der Waals surface area (Å²) in [6.45, 7) is 3.25. The van der Waals surface area contributed by atoms with Gasteiger partial charge in [-0.05, 0) is 56.2 Å². The molecule has 4 rings (SSSR count). The van der Waals surface area contributed by atoms with Crippen molar-refractivity contribution in [2.75, 3.05) is 18.6 Å². The maximum Gasteiger partial charge on any atom is 0.251 e. The van der Waals surface area contributed by atoms with Crippen LogP contribution < -0.4 is 9.64 Å². The van der Waals surface area contributed by atoms with E-state index in [4.69, 9.17) is 4.74 Å². The van der Waals surface area contributed by atoms with Gasteiger partial charge in [0.1, 0.15) is 17.4 Å². The van der Waals surface area contributed by atoms with Gasteiger partial charge < -0.3 is 4.74 Å². The normalized spacial score (nSPS) is 24.5. The summed E-state index contributed by atoms with van der Waals surface area (Å²) in [5, 5.41) is 0. The number of hydrogen-bond acceptors (Lipinski definition) is 3. The molecule has 2 aliphatic heterocycles. The van der Waals surface area contributed by atoms with Crippen molar-refractivity contribution < 1.29 is 18.3 Å². The quantitative estimate of drug-likeness (QED) is 0.770. The van der Waals surface area contributed by atoms with Crippen molar-refractivity contribution in [2.24, 2.45) is 0 Å². The third-order valence-electron chi connectivity index (χ3n) is 6.00. The van der Waals surface area contributed by atoms with Crippen molar-refractivity contribution in [2.45, 2.75) is 37.9 Å². The summed E-state index contributed by atoms with van der Waals surface area (Å²) in [5.74, 6) is -0.119. The third kappa shape index (κ3) is 3.65. The molecule has 1 spiro atoms. The molecule has 0 aliphatic carbocycles. The van der Waals surface area contributed by atoms with E-state index in [-0.39, 0.29) is 23.6 Å². The SMILES string of the molecule is COc1ccc(F)c(CN2CC[C@@]3(C=CC(=O)N3c3cccc(F)c3)C[C@H]2C)c1. The molecule has 4 nitrogen and oxygen atoms in total. The Kier molecular flexibility index (Phi) is 5.13. The zero-order valence-corrected chi connectivity index (χ0v) is 16.6. The van der Waals surface area contributed by atoms with Gasteiger partial charge in [-0.2, -0.15) is 0 Å². The zero-order valence-electron chi connectivity index (χ0n) is 16.6. The van der Waals surface area contributed by atoms with Crippen LogP contribution in [0.25, 0.3) is 0 Å². The maximum absolute atomic E-state index is 14.3. The molecule has 1 fully saturated rings. The van der Waals surface area contributed by atoms with Crippen LogP contribution in [0, 0.1) is 11.6 Å². The lowest BCUT2D eigenvalue weighted by molar-refractivity contribution is -0.114. The Hall–Kier alpha value is -2.73. The van der Waals surface area contributed by atoms with Crippen LogP contribution >= 0.6 is 0 Å². The molecule has 29 heavy (non-hydrogen) atoms. The second kappa shape index (κ2) is 7.59. The van der Waals surface area contributed by atoms with Crippen LogP contribution in [0.4, 0.5) is 14.5 Å². The standard InChI is InChI=1S/C23H24F2N2O2/c1-16-14-23(9-8-22(28)27(23)19-5-3-4-18(24)13-19)10-11-26(16)15-17-12-20(29-2)6-7-21(17)25/h3-9,12-13,16H,10-11,14-15H2,1-2H3/t16-,23+/m1/s1. The molecule has 0 bridgehead atoms. The summed E-state index contributed by atoms with van der Waals surface area (Å²) in [4.78, 5) is 16.5. The van der Waals surface area contributed by atoms with Gasteiger partial charge in [-0.15, -0.1) is 0 Å². The first kappa shape index (κ1) is 19.6. The number of carbonyl (C=O) groups is 1. The van der Waals surface area contributed by atoms with Gasteiger partial charge >= 0.3 is 0 Å². The summed E-state index contributed by atoms with van der Waals surface area (Å²) >= 11 is 0. The second-order valence-electron chi connectivity index (χ2n) is 7.82. The number of ether oxygens (including phenoxy) is 1. The average molecular weight is 398 g/mol. The molecule has 0 saturated carbocycles. The van der Waals surface area contributed by atoms with Crippen LogP contribution in [0.15, 0.2) is 54.6 Å².